The first-order chi connectivity index (χ1) is 12.5. The molecule has 138 valence electrons. The van der Waals surface area contributed by atoms with Gasteiger partial charge in [0, 0.05) is 13.1 Å². The second-order valence-electron chi connectivity index (χ2n) is 6.18. The molecule has 1 N–H and O–H groups in total. The van der Waals surface area contributed by atoms with Crippen LogP contribution in [0, 0.1) is 6.92 Å². The summed E-state index contributed by atoms with van der Waals surface area (Å²) in [7, 11) is 0. The summed E-state index contributed by atoms with van der Waals surface area (Å²) < 4.78 is 5.61. The molecule has 0 aromatic heterocycles. The summed E-state index contributed by atoms with van der Waals surface area (Å²) in [5.41, 5.74) is 2.09. The SMILES string of the molecule is CCNC(=O)[C@@H](C)N(Cc1ccccc1)C(=O)COc1ccc(C)cc1. The van der Waals surface area contributed by atoms with Gasteiger partial charge in [-0.3, -0.25) is 9.59 Å². The van der Waals surface area contributed by atoms with Crippen molar-refractivity contribution in [3.05, 3.63) is 65.7 Å². The fourth-order valence-corrected chi connectivity index (χ4v) is 2.55. The first-order valence-electron chi connectivity index (χ1n) is 8.81. The van der Waals surface area contributed by atoms with Crippen LogP contribution in [-0.2, 0) is 16.1 Å². The molecular formula is C21H26N2O3. The fraction of sp³-hybridized carbons (Fsp3) is 0.333. The van der Waals surface area contributed by atoms with Crippen molar-refractivity contribution >= 4 is 11.8 Å². The number of nitrogens with one attached hydrogen (secondary N) is 1. The van der Waals surface area contributed by atoms with Crippen LogP contribution >= 0.6 is 0 Å². The van der Waals surface area contributed by atoms with E-state index in [9.17, 15) is 9.59 Å². The van der Waals surface area contributed by atoms with E-state index in [1.807, 2.05) is 68.4 Å². The first-order valence-corrected chi connectivity index (χ1v) is 8.81. The van der Waals surface area contributed by atoms with Crippen molar-refractivity contribution in [2.75, 3.05) is 13.2 Å². The third kappa shape index (κ3) is 5.62. The molecule has 2 aromatic rings. The average Bonchev–Trinajstić information content (AvgIpc) is 2.66. The zero-order valence-electron chi connectivity index (χ0n) is 15.6. The van der Waals surface area contributed by atoms with E-state index >= 15 is 0 Å². The normalized spacial score (nSPS) is 11.5. The monoisotopic (exact) mass is 354 g/mol. The molecule has 0 radical (unpaired) electrons. The third-order valence-corrected chi connectivity index (χ3v) is 4.10. The van der Waals surface area contributed by atoms with Gasteiger partial charge in [-0.05, 0) is 38.5 Å². The largest absolute Gasteiger partial charge is 0.484 e. The summed E-state index contributed by atoms with van der Waals surface area (Å²) in [4.78, 5) is 26.6. The van der Waals surface area contributed by atoms with E-state index in [2.05, 4.69) is 5.32 Å². The average molecular weight is 354 g/mol. The number of carbonyl (C=O) groups is 2. The lowest BCUT2D eigenvalue weighted by atomic mass is 10.1. The van der Waals surface area contributed by atoms with E-state index in [0.29, 0.717) is 18.8 Å². The Hall–Kier alpha value is -2.82. The molecule has 0 spiro atoms. The van der Waals surface area contributed by atoms with Crippen molar-refractivity contribution in [3.63, 3.8) is 0 Å². The molecule has 1 atom stereocenters. The van der Waals surface area contributed by atoms with E-state index < -0.39 is 6.04 Å². The Bertz CT molecular complexity index is 714. The van der Waals surface area contributed by atoms with Gasteiger partial charge in [0.1, 0.15) is 11.8 Å². The first kappa shape index (κ1) is 19.5. The van der Waals surface area contributed by atoms with Crippen LogP contribution in [0.15, 0.2) is 54.6 Å². The fourth-order valence-electron chi connectivity index (χ4n) is 2.55. The van der Waals surface area contributed by atoms with Gasteiger partial charge in [0.2, 0.25) is 5.91 Å². The van der Waals surface area contributed by atoms with Crippen LogP contribution in [-0.4, -0.2) is 35.9 Å². The molecular weight excluding hydrogens is 328 g/mol. The number of hydrogen-bond donors (Lipinski definition) is 1. The molecule has 2 aromatic carbocycles. The number of nitrogens with zero attached hydrogens (tertiary/aromatic N) is 1. The summed E-state index contributed by atoms with van der Waals surface area (Å²) in [5, 5.41) is 2.77. The third-order valence-electron chi connectivity index (χ3n) is 4.10. The molecule has 0 heterocycles. The minimum absolute atomic E-state index is 0.111. The molecule has 0 aliphatic carbocycles. The van der Waals surface area contributed by atoms with Gasteiger partial charge in [-0.1, -0.05) is 48.0 Å². The quantitative estimate of drug-likeness (QED) is 0.793. The minimum atomic E-state index is -0.579. The number of likely N-dealkylation sites (N-methyl/N-ethyl adjacent to an activating group) is 1. The molecule has 26 heavy (non-hydrogen) atoms. The van der Waals surface area contributed by atoms with Gasteiger partial charge >= 0.3 is 0 Å². The van der Waals surface area contributed by atoms with Crippen molar-refractivity contribution in [3.8, 4) is 5.75 Å². The predicted octanol–water partition coefficient (Wildman–Crippen LogP) is 2.93. The number of amides is 2. The van der Waals surface area contributed by atoms with E-state index in [1.165, 1.54) is 0 Å². The molecule has 0 aliphatic heterocycles. The number of rotatable bonds is 8. The maximum Gasteiger partial charge on any atom is 0.261 e. The van der Waals surface area contributed by atoms with Crippen LogP contribution in [0.1, 0.15) is 25.0 Å². The second-order valence-corrected chi connectivity index (χ2v) is 6.18. The van der Waals surface area contributed by atoms with Crippen molar-refractivity contribution < 1.29 is 14.3 Å². The maximum absolute atomic E-state index is 12.8. The Morgan fingerprint density at radius 2 is 1.73 bits per heavy atom. The lowest BCUT2D eigenvalue weighted by molar-refractivity contribution is -0.142. The van der Waals surface area contributed by atoms with Crippen LogP contribution in [0.2, 0.25) is 0 Å². The zero-order chi connectivity index (χ0) is 18.9. The highest BCUT2D eigenvalue weighted by molar-refractivity contribution is 5.87. The molecule has 2 amide bonds. The van der Waals surface area contributed by atoms with Crippen molar-refractivity contribution in [2.24, 2.45) is 0 Å². The summed E-state index contributed by atoms with van der Waals surface area (Å²) in [5.74, 6) is 0.231. The Kier molecular flexibility index (Phi) is 7.21. The van der Waals surface area contributed by atoms with Gasteiger partial charge in [-0.2, -0.15) is 0 Å². The van der Waals surface area contributed by atoms with Gasteiger partial charge in [-0.25, -0.2) is 0 Å². The molecule has 5 nitrogen and oxygen atoms in total. The van der Waals surface area contributed by atoms with Gasteiger partial charge < -0.3 is 15.0 Å². The van der Waals surface area contributed by atoms with Gasteiger partial charge in [-0.15, -0.1) is 0 Å². The van der Waals surface area contributed by atoms with Crippen molar-refractivity contribution in [1.29, 1.82) is 0 Å². The summed E-state index contributed by atoms with van der Waals surface area (Å²) in [6.45, 7) is 6.35. The van der Waals surface area contributed by atoms with Crippen LogP contribution < -0.4 is 10.1 Å². The molecule has 0 saturated heterocycles. The van der Waals surface area contributed by atoms with Gasteiger partial charge in [0.25, 0.3) is 5.91 Å². The van der Waals surface area contributed by atoms with Crippen LogP contribution in [0.3, 0.4) is 0 Å². The van der Waals surface area contributed by atoms with Gasteiger partial charge in [0.05, 0.1) is 0 Å². The number of benzene rings is 2. The lowest BCUT2D eigenvalue weighted by Gasteiger charge is -2.28. The Morgan fingerprint density at radius 1 is 1.08 bits per heavy atom. The van der Waals surface area contributed by atoms with E-state index in [1.54, 1.807) is 11.8 Å². The van der Waals surface area contributed by atoms with E-state index in [-0.39, 0.29) is 18.4 Å². The summed E-state index contributed by atoms with van der Waals surface area (Å²) in [6, 6.07) is 16.6. The van der Waals surface area contributed by atoms with E-state index in [0.717, 1.165) is 11.1 Å². The lowest BCUT2D eigenvalue weighted by Crippen LogP contribution is -2.49. The molecule has 2 rings (SSSR count). The highest BCUT2D eigenvalue weighted by Crippen LogP contribution is 2.13. The number of carbonyl (C=O) groups excluding carboxylic acids is 2. The number of aryl methyl sites for hydroxylation is 1. The molecule has 0 unspecified atom stereocenters. The highest BCUT2D eigenvalue weighted by atomic mass is 16.5. The summed E-state index contributed by atoms with van der Waals surface area (Å²) in [6.07, 6.45) is 0. The standard InChI is InChI=1S/C21H26N2O3/c1-4-22-21(25)17(3)23(14-18-8-6-5-7-9-18)20(24)15-26-19-12-10-16(2)11-13-19/h5-13,17H,4,14-15H2,1-3H3,(H,22,25)/t17-/m1/s1. The zero-order valence-corrected chi connectivity index (χ0v) is 15.6. The Balaban J connectivity index is 2.09. The topological polar surface area (TPSA) is 58.6 Å². The van der Waals surface area contributed by atoms with Crippen molar-refractivity contribution in [2.45, 2.75) is 33.4 Å². The number of ether oxygens (including phenoxy) is 1. The molecule has 0 fully saturated rings. The molecule has 5 heteroatoms. The maximum atomic E-state index is 12.8. The van der Waals surface area contributed by atoms with Crippen LogP contribution in [0.5, 0.6) is 5.75 Å². The van der Waals surface area contributed by atoms with E-state index in [4.69, 9.17) is 4.74 Å². The minimum Gasteiger partial charge on any atom is -0.484 e. The summed E-state index contributed by atoms with van der Waals surface area (Å²) >= 11 is 0. The Morgan fingerprint density at radius 3 is 2.35 bits per heavy atom. The van der Waals surface area contributed by atoms with Crippen LogP contribution in [0.25, 0.3) is 0 Å². The van der Waals surface area contributed by atoms with Crippen LogP contribution in [0.4, 0.5) is 0 Å². The Labute approximate surface area is 155 Å². The van der Waals surface area contributed by atoms with Gasteiger partial charge in [0.15, 0.2) is 6.61 Å². The molecule has 0 aliphatic rings. The molecule has 0 bridgehead atoms. The second kappa shape index (κ2) is 9.61. The smallest absolute Gasteiger partial charge is 0.261 e. The highest BCUT2D eigenvalue weighted by Gasteiger charge is 2.26. The molecule has 0 saturated carbocycles. The number of hydrogen-bond acceptors (Lipinski definition) is 3. The predicted molar refractivity (Wildman–Crippen MR) is 102 cm³/mol. The van der Waals surface area contributed by atoms with Crippen molar-refractivity contribution in [1.82, 2.24) is 10.2 Å².